The summed E-state index contributed by atoms with van der Waals surface area (Å²) < 4.78 is 2.27. The van der Waals surface area contributed by atoms with Crippen molar-refractivity contribution in [2.45, 2.75) is 19.3 Å². The van der Waals surface area contributed by atoms with Crippen LogP contribution >= 0.6 is 0 Å². The molecular weight excluding hydrogens is 599 g/mol. The van der Waals surface area contributed by atoms with Crippen LogP contribution in [0.3, 0.4) is 0 Å². The van der Waals surface area contributed by atoms with E-state index in [1.54, 1.807) is 0 Å². The highest BCUT2D eigenvalue weighted by molar-refractivity contribution is 5.95. The molecule has 0 amide bonds. The normalized spacial score (nSPS) is 13.2. The molecule has 2 aromatic heterocycles. The first-order valence-corrected chi connectivity index (χ1v) is 16.6. The first-order chi connectivity index (χ1) is 24.1. The lowest BCUT2D eigenvalue weighted by molar-refractivity contribution is 0.633. The van der Waals surface area contributed by atoms with Crippen molar-refractivity contribution < 1.29 is 0 Å². The summed E-state index contributed by atoms with van der Waals surface area (Å²) in [4.78, 5) is 17.5. The number of rotatable bonds is 5. The van der Waals surface area contributed by atoms with Crippen molar-refractivity contribution in [1.82, 2.24) is 19.5 Å². The van der Waals surface area contributed by atoms with Crippen LogP contribution in [0.25, 0.3) is 50.8 Å². The molecule has 0 unspecified atom stereocenters. The summed E-state index contributed by atoms with van der Waals surface area (Å²) in [7, 11) is 0. The van der Waals surface area contributed by atoms with Gasteiger partial charge >= 0.3 is 0 Å². The maximum Gasteiger partial charge on any atom is 0.166 e. The second-order valence-electron chi connectivity index (χ2n) is 13.0. The van der Waals surface area contributed by atoms with Gasteiger partial charge in [0.2, 0.25) is 0 Å². The Morgan fingerprint density at radius 2 is 1.02 bits per heavy atom. The van der Waals surface area contributed by atoms with E-state index in [1.165, 1.54) is 27.9 Å². The van der Waals surface area contributed by atoms with Gasteiger partial charge in [-0.1, -0.05) is 123 Å². The molecule has 0 radical (unpaired) electrons. The fourth-order valence-electron chi connectivity index (χ4n) is 7.20. The molecule has 0 saturated heterocycles. The van der Waals surface area contributed by atoms with Crippen molar-refractivity contribution in [3.05, 3.63) is 175 Å². The zero-order valence-corrected chi connectivity index (χ0v) is 27.3. The molecule has 0 aliphatic carbocycles. The average molecular weight is 632 g/mol. The van der Waals surface area contributed by atoms with Gasteiger partial charge in [0.05, 0.1) is 22.6 Å². The van der Waals surface area contributed by atoms with E-state index < -0.39 is 0 Å². The van der Waals surface area contributed by atoms with E-state index in [1.807, 2.05) is 60.7 Å². The highest BCUT2D eigenvalue weighted by Crippen LogP contribution is 2.53. The minimum Gasteiger partial charge on any atom is -0.316 e. The number of nitrogens with zero attached hydrogens (tertiary/aromatic N) is 5. The van der Waals surface area contributed by atoms with Crippen LogP contribution in [0.1, 0.15) is 25.0 Å². The summed E-state index contributed by atoms with van der Waals surface area (Å²) in [6.07, 6.45) is 2.17. The quantitative estimate of drug-likeness (QED) is 0.190. The van der Waals surface area contributed by atoms with Crippen LogP contribution in [-0.4, -0.2) is 19.5 Å². The second-order valence-corrected chi connectivity index (χ2v) is 13.0. The van der Waals surface area contributed by atoms with Crippen LogP contribution in [0.15, 0.2) is 164 Å². The minimum atomic E-state index is -0.183. The topological polar surface area (TPSA) is 46.8 Å². The van der Waals surface area contributed by atoms with Crippen molar-refractivity contribution in [1.29, 1.82) is 0 Å². The van der Waals surface area contributed by atoms with Gasteiger partial charge in [-0.2, -0.15) is 0 Å². The number of aromatic nitrogens is 4. The molecule has 234 valence electrons. The first-order valence-electron chi connectivity index (χ1n) is 16.6. The summed E-state index contributed by atoms with van der Waals surface area (Å²) >= 11 is 0. The van der Waals surface area contributed by atoms with Gasteiger partial charge in [0, 0.05) is 39.4 Å². The van der Waals surface area contributed by atoms with Crippen LogP contribution in [0.4, 0.5) is 17.1 Å². The van der Waals surface area contributed by atoms with E-state index in [4.69, 9.17) is 15.0 Å². The third-order valence-corrected chi connectivity index (χ3v) is 9.66. The molecule has 1 aliphatic rings. The van der Waals surface area contributed by atoms with E-state index in [-0.39, 0.29) is 5.41 Å². The molecule has 0 fully saturated rings. The van der Waals surface area contributed by atoms with E-state index in [2.05, 4.69) is 127 Å². The van der Waals surface area contributed by atoms with Gasteiger partial charge in [0.15, 0.2) is 17.5 Å². The summed E-state index contributed by atoms with van der Waals surface area (Å²) in [6.45, 7) is 4.67. The standard InChI is InChI=1S/C44H33N5/c1-44(2)35-23-13-15-25-38(35)49(33-20-10-5-11-21-33)40-29-39-32(28-36(40)44)26-27-48(39)37-24-14-12-22-34(37)43-46-41(30-16-6-3-7-17-30)45-42(47-43)31-18-8-4-9-19-31/h3-29H,1-2H3. The zero-order valence-electron chi connectivity index (χ0n) is 27.3. The van der Waals surface area contributed by atoms with Crippen LogP contribution in [0.2, 0.25) is 0 Å². The van der Waals surface area contributed by atoms with Crippen LogP contribution in [-0.2, 0) is 5.41 Å². The van der Waals surface area contributed by atoms with Crippen LogP contribution in [0, 0.1) is 0 Å². The van der Waals surface area contributed by atoms with Crippen LogP contribution in [0.5, 0.6) is 0 Å². The highest BCUT2D eigenvalue weighted by Gasteiger charge is 2.37. The van der Waals surface area contributed by atoms with Gasteiger partial charge in [0.1, 0.15) is 0 Å². The molecular formula is C44H33N5. The molecule has 3 heterocycles. The summed E-state index contributed by atoms with van der Waals surface area (Å²) in [5.41, 5.74) is 10.9. The Bertz CT molecular complexity index is 2410. The van der Waals surface area contributed by atoms with Crippen molar-refractivity contribution in [3.63, 3.8) is 0 Å². The lowest BCUT2D eigenvalue weighted by Gasteiger charge is -2.42. The monoisotopic (exact) mass is 631 g/mol. The molecule has 6 aromatic carbocycles. The minimum absolute atomic E-state index is 0.183. The van der Waals surface area contributed by atoms with Gasteiger partial charge in [-0.25, -0.2) is 15.0 Å². The molecule has 5 nitrogen and oxygen atoms in total. The Kier molecular flexibility index (Phi) is 6.73. The summed E-state index contributed by atoms with van der Waals surface area (Å²) in [6, 6.07) is 55.0. The van der Waals surface area contributed by atoms with Crippen molar-refractivity contribution in [3.8, 4) is 39.9 Å². The number of anilines is 3. The number of fused-ring (bicyclic) bond motifs is 3. The summed E-state index contributed by atoms with van der Waals surface area (Å²) in [5.74, 6) is 1.92. The average Bonchev–Trinajstić information content (AvgIpc) is 3.58. The van der Waals surface area contributed by atoms with E-state index in [0.29, 0.717) is 17.5 Å². The molecule has 0 bridgehead atoms. The lowest BCUT2D eigenvalue weighted by atomic mass is 9.73. The van der Waals surface area contributed by atoms with Gasteiger partial charge in [0.25, 0.3) is 0 Å². The largest absolute Gasteiger partial charge is 0.316 e. The molecule has 8 aromatic rings. The zero-order chi connectivity index (χ0) is 33.0. The molecule has 49 heavy (non-hydrogen) atoms. The molecule has 9 rings (SSSR count). The smallest absolute Gasteiger partial charge is 0.166 e. The SMILES string of the molecule is CC1(C)c2ccccc2N(c2ccccc2)c2cc3c(ccn3-c3ccccc3-c3nc(-c4ccccc4)nc(-c4ccccc4)n3)cc21. The molecule has 5 heteroatoms. The van der Waals surface area contributed by atoms with Gasteiger partial charge < -0.3 is 9.47 Å². The third-order valence-electron chi connectivity index (χ3n) is 9.66. The number of hydrogen-bond acceptors (Lipinski definition) is 4. The predicted molar refractivity (Wildman–Crippen MR) is 200 cm³/mol. The Morgan fingerprint density at radius 3 is 1.69 bits per heavy atom. The fourth-order valence-corrected chi connectivity index (χ4v) is 7.20. The Labute approximate surface area is 285 Å². The Morgan fingerprint density at radius 1 is 0.469 bits per heavy atom. The molecule has 0 spiro atoms. The summed E-state index contributed by atoms with van der Waals surface area (Å²) in [5, 5.41) is 1.18. The highest BCUT2D eigenvalue weighted by atomic mass is 15.2. The molecule has 0 saturated carbocycles. The first kappa shape index (κ1) is 28.9. The van der Waals surface area contributed by atoms with Gasteiger partial charge in [-0.05, 0) is 59.7 Å². The molecule has 1 aliphatic heterocycles. The van der Waals surface area contributed by atoms with Crippen molar-refractivity contribution >= 4 is 28.0 Å². The van der Waals surface area contributed by atoms with E-state index in [0.717, 1.165) is 33.6 Å². The predicted octanol–water partition coefficient (Wildman–Crippen LogP) is 10.9. The molecule has 0 atom stereocenters. The van der Waals surface area contributed by atoms with Crippen molar-refractivity contribution in [2.75, 3.05) is 4.90 Å². The number of benzene rings is 6. The fraction of sp³-hybridized carbons (Fsp3) is 0.0682. The van der Waals surface area contributed by atoms with Gasteiger partial charge in [-0.3, -0.25) is 0 Å². The van der Waals surface area contributed by atoms with E-state index in [9.17, 15) is 0 Å². The maximum atomic E-state index is 5.07. The second kappa shape index (κ2) is 11.4. The van der Waals surface area contributed by atoms with Crippen molar-refractivity contribution in [2.24, 2.45) is 0 Å². The van der Waals surface area contributed by atoms with E-state index >= 15 is 0 Å². The Hall–Kier alpha value is -6.33. The number of hydrogen-bond donors (Lipinski definition) is 0. The Balaban J connectivity index is 1.25. The lowest BCUT2D eigenvalue weighted by Crippen LogP contribution is -2.30. The van der Waals surface area contributed by atoms with Gasteiger partial charge in [-0.15, -0.1) is 0 Å². The maximum absolute atomic E-state index is 5.07. The number of para-hydroxylation sites is 3. The third kappa shape index (κ3) is 4.82. The van der Waals surface area contributed by atoms with Crippen LogP contribution < -0.4 is 4.90 Å². The molecule has 0 N–H and O–H groups in total.